The molecule has 0 saturated heterocycles. The fraction of sp³-hybridized carbons (Fsp3) is 0.188. The van der Waals surface area contributed by atoms with E-state index in [0.717, 1.165) is 17.5 Å². The second-order valence-electron chi connectivity index (χ2n) is 4.25. The number of aryl methyl sites for hydroxylation is 1. The van der Waals surface area contributed by atoms with Crippen molar-refractivity contribution in [1.29, 1.82) is 0 Å². The van der Waals surface area contributed by atoms with E-state index in [4.69, 9.17) is 4.74 Å². The van der Waals surface area contributed by atoms with Crippen molar-refractivity contribution in [1.82, 2.24) is 0 Å². The van der Waals surface area contributed by atoms with E-state index in [9.17, 15) is 4.79 Å². The molecule has 2 aromatic carbocycles. The number of esters is 1. The van der Waals surface area contributed by atoms with Crippen LogP contribution in [0.2, 0.25) is 0 Å². The minimum absolute atomic E-state index is 0.273. The highest BCUT2D eigenvalue weighted by Gasteiger charge is 2.13. The van der Waals surface area contributed by atoms with Gasteiger partial charge in [0.05, 0.1) is 12.7 Å². The Hall–Kier alpha value is -2.09. The van der Waals surface area contributed by atoms with Gasteiger partial charge in [-0.05, 0) is 36.1 Å². The number of ether oxygens (including phenoxy) is 1. The molecule has 0 atom stereocenters. The molecule has 2 aromatic rings. The Balaban J connectivity index is 2.40. The molecule has 0 unspecified atom stereocenters. The van der Waals surface area contributed by atoms with Crippen LogP contribution in [0.3, 0.4) is 0 Å². The van der Waals surface area contributed by atoms with E-state index in [1.54, 1.807) is 0 Å². The Bertz CT molecular complexity index is 544. The van der Waals surface area contributed by atoms with Crippen LogP contribution >= 0.6 is 0 Å². The number of rotatable bonds is 3. The van der Waals surface area contributed by atoms with Crippen molar-refractivity contribution in [2.45, 2.75) is 13.3 Å². The maximum absolute atomic E-state index is 11.8. The summed E-state index contributed by atoms with van der Waals surface area (Å²) >= 11 is 0. The first-order chi connectivity index (χ1) is 8.72. The van der Waals surface area contributed by atoms with Gasteiger partial charge in [-0.25, -0.2) is 4.79 Å². The van der Waals surface area contributed by atoms with Crippen molar-refractivity contribution in [3.05, 3.63) is 70.8 Å². The van der Waals surface area contributed by atoms with E-state index in [0.29, 0.717) is 5.56 Å². The Kier molecular flexibility index (Phi) is 3.78. The fourth-order valence-corrected chi connectivity index (χ4v) is 2.04. The molecule has 0 heterocycles. The third-order valence-electron chi connectivity index (χ3n) is 3.04. The molecule has 92 valence electrons. The molecule has 0 fully saturated rings. The van der Waals surface area contributed by atoms with Gasteiger partial charge in [-0.3, -0.25) is 0 Å². The van der Waals surface area contributed by atoms with E-state index in [-0.39, 0.29) is 5.97 Å². The summed E-state index contributed by atoms with van der Waals surface area (Å²) in [4.78, 5) is 11.8. The van der Waals surface area contributed by atoms with Crippen LogP contribution < -0.4 is 0 Å². The van der Waals surface area contributed by atoms with Crippen LogP contribution in [-0.2, 0) is 11.2 Å². The first-order valence-electron chi connectivity index (χ1n) is 5.93. The van der Waals surface area contributed by atoms with Crippen LogP contribution in [0.5, 0.6) is 0 Å². The van der Waals surface area contributed by atoms with Gasteiger partial charge in [-0.15, -0.1) is 0 Å². The minimum atomic E-state index is -0.273. The fourth-order valence-electron chi connectivity index (χ4n) is 2.04. The monoisotopic (exact) mass is 240 g/mol. The highest BCUT2D eigenvalue weighted by atomic mass is 16.5. The third-order valence-corrected chi connectivity index (χ3v) is 3.04. The average Bonchev–Trinajstić information content (AvgIpc) is 2.41. The van der Waals surface area contributed by atoms with Crippen LogP contribution in [0.1, 0.15) is 27.0 Å². The highest BCUT2D eigenvalue weighted by Crippen LogP contribution is 2.19. The first-order valence-corrected chi connectivity index (χ1v) is 5.93. The summed E-state index contributed by atoms with van der Waals surface area (Å²) in [6.07, 6.45) is 0.748. The summed E-state index contributed by atoms with van der Waals surface area (Å²) in [5.74, 6) is -0.273. The van der Waals surface area contributed by atoms with Gasteiger partial charge in [-0.1, -0.05) is 42.5 Å². The number of hydrogen-bond acceptors (Lipinski definition) is 2. The maximum atomic E-state index is 11.8. The Morgan fingerprint density at radius 1 is 1.06 bits per heavy atom. The maximum Gasteiger partial charge on any atom is 0.338 e. The zero-order chi connectivity index (χ0) is 13.0. The zero-order valence-electron chi connectivity index (χ0n) is 10.6. The number of methoxy groups -OCH3 is 1. The van der Waals surface area contributed by atoms with Crippen molar-refractivity contribution in [2.24, 2.45) is 0 Å². The summed E-state index contributed by atoms with van der Waals surface area (Å²) in [5.41, 5.74) is 4.00. The molecule has 2 heteroatoms. The number of carbonyl (C=O) groups is 1. The molecular weight excluding hydrogens is 224 g/mol. The molecule has 0 radical (unpaired) electrons. The van der Waals surface area contributed by atoms with Crippen molar-refractivity contribution >= 4 is 5.97 Å². The van der Waals surface area contributed by atoms with Crippen LogP contribution in [-0.4, -0.2) is 13.1 Å². The summed E-state index contributed by atoms with van der Waals surface area (Å²) in [6.45, 7) is 2.02. The molecule has 0 saturated carbocycles. The quantitative estimate of drug-likeness (QED) is 0.769. The first kappa shape index (κ1) is 12.4. The SMILES string of the molecule is COC(=O)c1cccc(C)c1Cc1ccccc1. The molecule has 0 aliphatic carbocycles. The van der Waals surface area contributed by atoms with Crippen LogP contribution in [0.4, 0.5) is 0 Å². The predicted octanol–water partition coefficient (Wildman–Crippen LogP) is 3.37. The summed E-state index contributed by atoms with van der Waals surface area (Å²) in [5, 5.41) is 0. The average molecular weight is 240 g/mol. The lowest BCUT2D eigenvalue weighted by molar-refractivity contribution is 0.0599. The molecule has 18 heavy (non-hydrogen) atoms. The summed E-state index contributed by atoms with van der Waals surface area (Å²) in [6, 6.07) is 15.8. The molecule has 0 bridgehead atoms. The highest BCUT2D eigenvalue weighted by molar-refractivity contribution is 5.91. The van der Waals surface area contributed by atoms with Gasteiger partial charge < -0.3 is 4.74 Å². The van der Waals surface area contributed by atoms with E-state index >= 15 is 0 Å². The predicted molar refractivity (Wildman–Crippen MR) is 71.8 cm³/mol. The Morgan fingerprint density at radius 2 is 1.78 bits per heavy atom. The molecule has 0 spiro atoms. The molecule has 0 aliphatic heterocycles. The van der Waals surface area contributed by atoms with Gasteiger partial charge in [0.25, 0.3) is 0 Å². The lowest BCUT2D eigenvalue weighted by Crippen LogP contribution is -2.07. The second-order valence-corrected chi connectivity index (χ2v) is 4.25. The zero-order valence-corrected chi connectivity index (χ0v) is 10.6. The standard InChI is InChI=1S/C16H16O2/c1-12-7-6-10-14(16(17)18-2)15(12)11-13-8-4-3-5-9-13/h3-10H,11H2,1-2H3. The van der Waals surface area contributed by atoms with Crippen LogP contribution in [0.25, 0.3) is 0 Å². The van der Waals surface area contributed by atoms with Gasteiger partial charge in [0.2, 0.25) is 0 Å². The Morgan fingerprint density at radius 3 is 2.44 bits per heavy atom. The van der Waals surface area contributed by atoms with Crippen molar-refractivity contribution in [3.8, 4) is 0 Å². The molecular formula is C16H16O2. The normalized spacial score (nSPS) is 10.1. The van der Waals surface area contributed by atoms with Crippen molar-refractivity contribution < 1.29 is 9.53 Å². The van der Waals surface area contributed by atoms with Crippen molar-refractivity contribution in [2.75, 3.05) is 7.11 Å². The molecule has 0 N–H and O–H groups in total. The minimum Gasteiger partial charge on any atom is -0.465 e. The molecule has 2 rings (SSSR count). The van der Waals surface area contributed by atoms with E-state index in [1.807, 2.05) is 43.3 Å². The topological polar surface area (TPSA) is 26.3 Å². The van der Waals surface area contributed by atoms with Gasteiger partial charge in [0, 0.05) is 0 Å². The number of hydrogen-bond donors (Lipinski definition) is 0. The number of carbonyl (C=O) groups excluding carboxylic acids is 1. The molecule has 0 aliphatic rings. The second kappa shape index (κ2) is 5.50. The summed E-state index contributed by atoms with van der Waals surface area (Å²) in [7, 11) is 1.41. The molecule has 0 aromatic heterocycles. The largest absolute Gasteiger partial charge is 0.465 e. The molecule has 2 nitrogen and oxygen atoms in total. The summed E-state index contributed by atoms with van der Waals surface area (Å²) < 4.78 is 4.83. The lowest BCUT2D eigenvalue weighted by Gasteiger charge is -2.11. The van der Waals surface area contributed by atoms with Gasteiger partial charge in [0.15, 0.2) is 0 Å². The number of benzene rings is 2. The molecule has 0 amide bonds. The van der Waals surface area contributed by atoms with Crippen molar-refractivity contribution in [3.63, 3.8) is 0 Å². The smallest absolute Gasteiger partial charge is 0.338 e. The lowest BCUT2D eigenvalue weighted by atomic mass is 9.95. The van der Waals surface area contributed by atoms with E-state index in [1.165, 1.54) is 12.7 Å². The van der Waals surface area contributed by atoms with Crippen LogP contribution in [0, 0.1) is 6.92 Å². The third kappa shape index (κ3) is 2.59. The van der Waals surface area contributed by atoms with Gasteiger partial charge in [0.1, 0.15) is 0 Å². The van der Waals surface area contributed by atoms with Crippen LogP contribution in [0.15, 0.2) is 48.5 Å². The van der Waals surface area contributed by atoms with E-state index in [2.05, 4.69) is 12.1 Å². The van der Waals surface area contributed by atoms with E-state index < -0.39 is 0 Å². The van der Waals surface area contributed by atoms with Gasteiger partial charge in [-0.2, -0.15) is 0 Å². The van der Waals surface area contributed by atoms with Gasteiger partial charge >= 0.3 is 5.97 Å². The Labute approximate surface area is 107 Å².